The number of hydrogen-bond acceptors (Lipinski definition) is 4. The highest BCUT2D eigenvalue weighted by Gasteiger charge is 2.15. The Hall–Kier alpha value is -2.86. The number of amides is 1. The number of carbonyl (C=O) groups is 2. The van der Waals surface area contributed by atoms with Crippen molar-refractivity contribution in [3.8, 4) is 5.75 Å². The molecule has 1 amide bonds. The molecule has 6 nitrogen and oxygen atoms in total. The van der Waals surface area contributed by atoms with E-state index in [1.54, 1.807) is 36.4 Å². The molecule has 0 aliphatic rings. The van der Waals surface area contributed by atoms with Crippen LogP contribution in [-0.4, -0.2) is 30.1 Å². The molecule has 0 spiro atoms. The molecule has 0 aromatic heterocycles. The molecule has 0 aliphatic carbocycles. The summed E-state index contributed by atoms with van der Waals surface area (Å²) < 4.78 is 5.33. The van der Waals surface area contributed by atoms with Crippen molar-refractivity contribution in [1.29, 1.82) is 0 Å². The van der Waals surface area contributed by atoms with E-state index in [4.69, 9.17) is 15.6 Å². The number of carboxylic acid groups (broad SMARTS) is 1. The summed E-state index contributed by atoms with van der Waals surface area (Å²) in [6.45, 7) is 0.835. The molecule has 2 rings (SSSR count). The van der Waals surface area contributed by atoms with Crippen LogP contribution in [0, 0.1) is 0 Å². The minimum Gasteiger partial charge on any atom is -0.492 e. The molecule has 6 heteroatoms. The van der Waals surface area contributed by atoms with Crippen LogP contribution < -0.4 is 15.8 Å². The fourth-order valence-corrected chi connectivity index (χ4v) is 1.88. The molecule has 0 radical (unpaired) electrons. The van der Waals surface area contributed by atoms with Crippen LogP contribution in [0.3, 0.4) is 0 Å². The van der Waals surface area contributed by atoms with E-state index in [-0.39, 0.29) is 11.1 Å². The fourth-order valence-electron chi connectivity index (χ4n) is 1.88. The summed E-state index contributed by atoms with van der Waals surface area (Å²) in [7, 11) is 0. The standard InChI is InChI=1S/C16H16N2O4/c17-9-10-22-12-7-5-11(6-8-12)18-15(19)13-3-1-2-4-14(13)16(20)21/h1-8H,9-10,17H2,(H,18,19)(H,20,21). The summed E-state index contributed by atoms with van der Waals surface area (Å²) >= 11 is 0. The highest BCUT2D eigenvalue weighted by atomic mass is 16.5. The third-order valence-electron chi connectivity index (χ3n) is 2.90. The van der Waals surface area contributed by atoms with Gasteiger partial charge in [0.2, 0.25) is 0 Å². The van der Waals surface area contributed by atoms with Crippen molar-refractivity contribution < 1.29 is 19.4 Å². The quantitative estimate of drug-likeness (QED) is 0.757. The van der Waals surface area contributed by atoms with Crippen LogP contribution in [0.2, 0.25) is 0 Å². The summed E-state index contributed by atoms with van der Waals surface area (Å²) in [5, 5.41) is 11.7. The van der Waals surface area contributed by atoms with Gasteiger partial charge in [-0.2, -0.15) is 0 Å². The summed E-state index contributed by atoms with van der Waals surface area (Å²) in [6.07, 6.45) is 0. The molecule has 0 saturated carbocycles. The largest absolute Gasteiger partial charge is 0.492 e. The van der Waals surface area contributed by atoms with E-state index < -0.39 is 11.9 Å². The van der Waals surface area contributed by atoms with E-state index in [1.807, 2.05) is 0 Å². The van der Waals surface area contributed by atoms with Gasteiger partial charge in [-0.1, -0.05) is 12.1 Å². The Morgan fingerprint density at radius 1 is 1.05 bits per heavy atom. The summed E-state index contributed by atoms with van der Waals surface area (Å²) in [5.41, 5.74) is 5.96. The number of anilines is 1. The lowest BCUT2D eigenvalue weighted by molar-refractivity contribution is 0.0692. The van der Waals surface area contributed by atoms with Gasteiger partial charge >= 0.3 is 5.97 Å². The van der Waals surface area contributed by atoms with Gasteiger partial charge in [-0.05, 0) is 36.4 Å². The monoisotopic (exact) mass is 300 g/mol. The molecular formula is C16H16N2O4. The molecule has 0 heterocycles. The van der Waals surface area contributed by atoms with Crippen molar-refractivity contribution in [3.63, 3.8) is 0 Å². The number of ether oxygens (including phenoxy) is 1. The zero-order chi connectivity index (χ0) is 15.9. The van der Waals surface area contributed by atoms with Gasteiger partial charge in [-0.15, -0.1) is 0 Å². The SMILES string of the molecule is NCCOc1ccc(NC(=O)c2ccccc2C(=O)O)cc1. The van der Waals surface area contributed by atoms with Crippen molar-refractivity contribution in [2.75, 3.05) is 18.5 Å². The Morgan fingerprint density at radius 2 is 1.68 bits per heavy atom. The van der Waals surface area contributed by atoms with Crippen LogP contribution in [-0.2, 0) is 0 Å². The number of rotatable bonds is 6. The summed E-state index contributed by atoms with van der Waals surface area (Å²) in [4.78, 5) is 23.3. The normalized spacial score (nSPS) is 10.0. The minimum atomic E-state index is -1.14. The molecule has 0 saturated heterocycles. The number of hydrogen-bond donors (Lipinski definition) is 3. The highest BCUT2D eigenvalue weighted by molar-refractivity contribution is 6.10. The molecular weight excluding hydrogens is 284 g/mol. The van der Waals surface area contributed by atoms with E-state index in [0.29, 0.717) is 24.6 Å². The first-order chi connectivity index (χ1) is 10.6. The molecule has 2 aromatic carbocycles. The molecule has 0 bridgehead atoms. The van der Waals surface area contributed by atoms with Crippen LogP contribution in [0.15, 0.2) is 48.5 Å². The predicted molar refractivity (Wildman–Crippen MR) is 82.3 cm³/mol. The van der Waals surface area contributed by atoms with Crippen molar-refractivity contribution in [2.45, 2.75) is 0 Å². The average molecular weight is 300 g/mol. The Labute approximate surface area is 127 Å². The summed E-state index contributed by atoms with van der Waals surface area (Å²) in [6, 6.07) is 12.8. The molecule has 0 unspecified atom stereocenters. The maximum Gasteiger partial charge on any atom is 0.336 e. The van der Waals surface area contributed by atoms with Crippen molar-refractivity contribution in [1.82, 2.24) is 0 Å². The molecule has 114 valence electrons. The predicted octanol–water partition coefficient (Wildman–Crippen LogP) is 1.97. The average Bonchev–Trinajstić information content (AvgIpc) is 2.54. The first-order valence-corrected chi connectivity index (χ1v) is 6.68. The lowest BCUT2D eigenvalue weighted by Crippen LogP contribution is -2.16. The van der Waals surface area contributed by atoms with Crippen LogP contribution in [0.5, 0.6) is 5.75 Å². The van der Waals surface area contributed by atoms with E-state index in [1.165, 1.54) is 12.1 Å². The van der Waals surface area contributed by atoms with E-state index >= 15 is 0 Å². The Kier molecular flexibility index (Phi) is 5.11. The van der Waals surface area contributed by atoms with Gasteiger partial charge in [-0.3, -0.25) is 4.79 Å². The number of aromatic carboxylic acids is 1. The number of carboxylic acids is 1. The third-order valence-corrected chi connectivity index (χ3v) is 2.90. The highest BCUT2D eigenvalue weighted by Crippen LogP contribution is 2.17. The topological polar surface area (TPSA) is 102 Å². The van der Waals surface area contributed by atoms with Gasteiger partial charge in [-0.25, -0.2) is 4.79 Å². The van der Waals surface area contributed by atoms with Gasteiger partial charge in [0.15, 0.2) is 0 Å². The maximum absolute atomic E-state index is 12.2. The number of nitrogens with one attached hydrogen (secondary N) is 1. The van der Waals surface area contributed by atoms with Gasteiger partial charge in [0.1, 0.15) is 12.4 Å². The third kappa shape index (κ3) is 3.83. The van der Waals surface area contributed by atoms with Crippen molar-refractivity contribution in [2.24, 2.45) is 5.73 Å². The summed E-state index contributed by atoms with van der Waals surface area (Å²) in [5.74, 6) is -0.973. The van der Waals surface area contributed by atoms with E-state index in [0.717, 1.165) is 0 Å². The van der Waals surface area contributed by atoms with Crippen molar-refractivity contribution >= 4 is 17.6 Å². The lowest BCUT2D eigenvalue weighted by Gasteiger charge is -2.09. The zero-order valence-electron chi connectivity index (χ0n) is 11.8. The zero-order valence-corrected chi connectivity index (χ0v) is 11.8. The smallest absolute Gasteiger partial charge is 0.336 e. The first kappa shape index (κ1) is 15.5. The number of carbonyl (C=O) groups excluding carboxylic acids is 1. The fraction of sp³-hybridized carbons (Fsp3) is 0.125. The minimum absolute atomic E-state index is 0.0390. The molecule has 0 aliphatic heterocycles. The van der Waals surface area contributed by atoms with Gasteiger partial charge in [0.05, 0.1) is 11.1 Å². The Morgan fingerprint density at radius 3 is 2.27 bits per heavy atom. The maximum atomic E-state index is 12.2. The van der Waals surface area contributed by atoms with Crippen LogP contribution in [0.1, 0.15) is 20.7 Å². The lowest BCUT2D eigenvalue weighted by atomic mass is 10.1. The molecule has 0 atom stereocenters. The Bertz CT molecular complexity index is 668. The van der Waals surface area contributed by atoms with E-state index in [9.17, 15) is 9.59 Å². The van der Waals surface area contributed by atoms with E-state index in [2.05, 4.69) is 5.32 Å². The Balaban J connectivity index is 2.10. The van der Waals surface area contributed by atoms with Crippen molar-refractivity contribution in [3.05, 3.63) is 59.7 Å². The molecule has 4 N–H and O–H groups in total. The molecule has 22 heavy (non-hydrogen) atoms. The molecule has 2 aromatic rings. The van der Waals surface area contributed by atoms with Crippen LogP contribution in [0.25, 0.3) is 0 Å². The first-order valence-electron chi connectivity index (χ1n) is 6.68. The van der Waals surface area contributed by atoms with Crippen LogP contribution in [0.4, 0.5) is 5.69 Å². The second-order valence-corrected chi connectivity index (χ2v) is 4.47. The second kappa shape index (κ2) is 7.24. The van der Waals surface area contributed by atoms with Gasteiger partial charge in [0.25, 0.3) is 5.91 Å². The molecule has 0 fully saturated rings. The van der Waals surface area contributed by atoms with Crippen LogP contribution >= 0.6 is 0 Å². The second-order valence-electron chi connectivity index (χ2n) is 4.47. The van der Waals surface area contributed by atoms with Gasteiger partial charge in [0, 0.05) is 12.2 Å². The van der Waals surface area contributed by atoms with Gasteiger partial charge < -0.3 is 20.9 Å². The number of benzene rings is 2. The number of nitrogens with two attached hydrogens (primary N) is 1.